The Morgan fingerprint density at radius 2 is 2.00 bits per heavy atom. The number of aromatic nitrogens is 7. The second-order valence-electron chi connectivity index (χ2n) is 7.97. The lowest BCUT2D eigenvalue weighted by atomic mass is 10.1. The number of aryl methyl sites for hydroxylation is 1. The average molecular weight is 406 g/mol. The fourth-order valence-corrected chi connectivity index (χ4v) is 4.25. The minimum Gasteiger partial charge on any atom is -0.369 e. The van der Waals surface area contributed by atoms with Crippen LogP contribution in [0.1, 0.15) is 32.1 Å². The molecule has 0 saturated carbocycles. The number of likely N-dealkylation sites (tertiary alicyclic amines) is 1. The van der Waals surface area contributed by atoms with Crippen LogP contribution in [0.15, 0.2) is 24.5 Å². The van der Waals surface area contributed by atoms with E-state index in [2.05, 4.69) is 46.6 Å². The molecule has 1 aliphatic heterocycles. The number of tetrazole rings is 1. The van der Waals surface area contributed by atoms with Gasteiger partial charge in [0.2, 0.25) is 5.82 Å². The highest BCUT2D eigenvalue weighted by Crippen LogP contribution is 2.31. The first kappa shape index (κ1) is 18.9. The molecule has 3 aromatic heterocycles. The number of benzene rings is 1. The molecule has 1 aromatic carbocycles. The molecule has 156 valence electrons. The fourth-order valence-electron chi connectivity index (χ4n) is 4.25. The number of rotatable bonds is 7. The molecule has 0 aliphatic carbocycles. The lowest BCUT2D eigenvalue weighted by Gasteiger charge is -2.26. The van der Waals surface area contributed by atoms with Crippen molar-refractivity contribution in [1.82, 2.24) is 40.1 Å². The molecule has 9 heteroatoms. The zero-order valence-electron chi connectivity index (χ0n) is 17.3. The van der Waals surface area contributed by atoms with Crippen LogP contribution in [-0.4, -0.2) is 66.2 Å². The van der Waals surface area contributed by atoms with Crippen LogP contribution in [0.4, 0.5) is 5.82 Å². The number of piperidine rings is 1. The van der Waals surface area contributed by atoms with Gasteiger partial charge >= 0.3 is 0 Å². The van der Waals surface area contributed by atoms with E-state index in [4.69, 9.17) is 0 Å². The van der Waals surface area contributed by atoms with Crippen molar-refractivity contribution in [2.45, 2.75) is 32.1 Å². The average Bonchev–Trinajstić information content (AvgIpc) is 3.37. The van der Waals surface area contributed by atoms with Gasteiger partial charge in [-0.2, -0.15) is 4.80 Å². The monoisotopic (exact) mass is 405 g/mol. The number of H-pyrrole nitrogens is 1. The number of nitrogens with zero attached hydrogens (tertiary/aromatic N) is 7. The van der Waals surface area contributed by atoms with Crippen LogP contribution in [-0.2, 0) is 7.05 Å². The molecular weight excluding hydrogens is 378 g/mol. The summed E-state index contributed by atoms with van der Waals surface area (Å²) in [6, 6.07) is 6.13. The Labute approximate surface area is 174 Å². The van der Waals surface area contributed by atoms with Gasteiger partial charge in [0.05, 0.1) is 12.4 Å². The summed E-state index contributed by atoms with van der Waals surface area (Å²) < 4.78 is 0. The quantitative estimate of drug-likeness (QED) is 0.456. The maximum atomic E-state index is 4.51. The molecule has 0 radical (unpaired) electrons. The second-order valence-corrected chi connectivity index (χ2v) is 7.97. The molecule has 0 amide bonds. The van der Waals surface area contributed by atoms with Crippen LogP contribution in [0.2, 0.25) is 0 Å². The third kappa shape index (κ3) is 3.85. The summed E-state index contributed by atoms with van der Waals surface area (Å²) in [5.74, 6) is 1.49. The van der Waals surface area contributed by atoms with Gasteiger partial charge in [-0.25, -0.2) is 9.97 Å². The second kappa shape index (κ2) is 8.35. The van der Waals surface area contributed by atoms with E-state index in [1.54, 1.807) is 13.4 Å². The van der Waals surface area contributed by atoms with Crippen molar-refractivity contribution >= 4 is 27.8 Å². The van der Waals surface area contributed by atoms with Gasteiger partial charge in [0.25, 0.3) is 0 Å². The van der Waals surface area contributed by atoms with Crippen LogP contribution < -0.4 is 5.32 Å². The molecule has 4 heterocycles. The molecule has 2 N–H and O–H groups in total. The summed E-state index contributed by atoms with van der Waals surface area (Å²) in [4.78, 5) is 16.4. The summed E-state index contributed by atoms with van der Waals surface area (Å²) in [6.45, 7) is 4.64. The normalized spacial score (nSPS) is 15.2. The molecule has 30 heavy (non-hydrogen) atoms. The molecule has 1 saturated heterocycles. The third-order valence-electron chi connectivity index (χ3n) is 5.80. The topological polar surface area (TPSA) is 100 Å². The molecule has 1 aliphatic rings. The minimum atomic E-state index is 0.608. The molecule has 1 fully saturated rings. The highest BCUT2D eigenvalue weighted by molar-refractivity contribution is 6.11. The zero-order valence-corrected chi connectivity index (χ0v) is 17.3. The molecule has 9 nitrogen and oxygen atoms in total. The summed E-state index contributed by atoms with van der Waals surface area (Å²) in [5.41, 5.74) is 2.74. The number of unbranched alkanes of at least 4 members (excludes halogenated alkanes) is 1. The maximum absolute atomic E-state index is 4.51. The van der Waals surface area contributed by atoms with E-state index >= 15 is 0 Å². The van der Waals surface area contributed by atoms with Crippen molar-refractivity contribution in [2.75, 3.05) is 31.5 Å². The van der Waals surface area contributed by atoms with E-state index in [1.807, 2.05) is 12.1 Å². The van der Waals surface area contributed by atoms with Crippen LogP contribution in [0.25, 0.3) is 33.3 Å². The Bertz CT molecular complexity index is 1140. The number of nitrogens with one attached hydrogen (secondary N) is 2. The summed E-state index contributed by atoms with van der Waals surface area (Å²) in [7, 11) is 1.76. The van der Waals surface area contributed by atoms with E-state index in [9.17, 15) is 0 Å². The Hall–Kier alpha value is -3.07. The van der Waals surface area contributed by atoms with Gasteiger partial charge in [0, 0.05) is 23.0 Å². The summed E-state index contributed by atoms with van der Waals surface area (Å²) >= 11 is 0. The van der Waals surface area contributed by atoms with Crippen molar-refractivity contribution in [3.05, 3.63) is 24.5 Å². The van der Waals surface area contributed by atoms with Crippen LogP contribution in [0.5, 0.6) is 0 Å². The zero-order chi connectivity index (χ0) is 20.3. The Kier molecular flexibility index (Phi) is 5.27. The third-order valence-corrected chi connectivity index (χ3v) is 5.80. The number of fused-ring (bicyclic) bond motifs is 3. The van der Waals surface area contributed by atoms with Crippen molar-refractivity contribution in [3.8, 4) is 11.4 Å². The Balaban J connectivity index is 1.30. The standard InChI is InChI=1S/C21H27N9/c1-29-27-19(26-28-29)15-7-8-16-17(13-15)25-21-18(16)20(23-14-24-21)22-9-3-6-12-30-10-4-2-5-11-30/h7-8,13-14H,2-6,9-12H2,1H3,(H2,22,23,24,25). The first-order chi connectivity index (χ1) is 14.8. The Morgan fingerprint density at radius 3 is 2.83 bits per heavy atom. The predicted octanol–water partition coefficient (Wildman–Crippen LogP) is 2.98. The number of aromatic amines is 1. The summed E-state index contributed by atoms with van der Waals surface area (Å²) in [6.07, 6.45) is 8.05. The molecule has 4 aromatic rings. The van der Waals surface area contributed by atoms with Crippen molar-refractivity contribution in [2.24, 2.45) is 7.05 Å². The molecule has 0 spiro atoms. The minimum absolute atomic E-state index is 0.608. The smallest absolute Gasteiger partial charge is 0.204 e. The first-order valence-corrected chi connectivity index (χ1v) is 10.7. The van der Waals surface area contributed by atoms with Crippen molar-refractivity contribution < 1.29 is 0 Å². The van der Waals surface area contributed by atoms with Crippen molar-refractivity contribution in [3.63, 3.8) is 0 Å². The maximum Gasteiger partial charge on any atom is 0.204 e. The van der Waals surface area contributed by atoms with E-state index in [1.165, 1.54) is 50.1 Å². The molecule has 0 unspecified atom stereocenters. The van der Waals surface area contributed by atoms with Crippen molar-refractivity contribution in [1.29, 1.82) is 0 Å². The van der Waals surface area contributed by atoms with Gasteiger partial charge in [-0.05, 0) is 56.6 Å². The SMILES string of the molecule is Cn1nnc(-c2ccc3c(c2)[nH]c2ncnc(NCCCCN4CCCCC4)c23)n1. The summed E-state index contributed by atoms with van der Waals surface area (Å²) in [5, 5.41) is 18.0. The molecule has 5 rings (SSSR count). The largest absolute Gasteiger partial charge is 0.369 e. The van der Waals surface area contributed by atoms with E-state index in [0.717, 1.165) is 46.3 Å². The van der Waals surface area contributed by atoms with Crippen LogP contribution in [0, 0.1) is 0 Å². The predicted molar refractivity (Wildman–Crippen MR) is 117 cm³/mol. The highest BCUT2D eigenvalue weighted by atomic mass is 15.6. The number of anilines is 1. The van der Waals surface area contributed by atoms with E-state index in [0.29, 0.717) is 5.82 Å². The fraction of sp³-hybridized carbons (Fsp3) is 0.476. The van der Waals surface area contributed by atoms with Gasteiger partial charge in [-0.3, -0.25) is 0 Å². The van der Waals surface area contributed by atoms with Crippen LogP contribution in [0.3, 0.4) is 0 Å². The highest BCUT2D eigenvalue weighted by Gasteiger charge is 2.14. The lowest BCUT2D eigenvalue weighted by Crippen LogP contribution is -2.30. The molecular formula is C21H27N9. The van der Waals surface area contributed by atoms with Gasteiger partial charge in [-0.1, -0.05) is 18.6 Å². The number of hydrogen-bond acceptors (Lipinski definition) is 7. The molecule has 0 atom stereocenters. The lowest BCUT2D eigenvalue weighted by molar-refractivity contribution is 0.225. The van der Waals surface area contributed by atoms with Gasteiger partial charge in [0.15, 0.2) is 0 Å². The number of hydrogen-bond donors (Lipinski definition) is 2. The molecule has 0 bridgehead atoms. The van der Waals surface area contributed by atoms with Gasteiger partial charge in [-0.15, -0.1) is 10.2 Å². The first-order valence-electron chi connectivity index (χ1n) is 10.7. The van der Waals surface area contributed by atoms with Crippen LogP contribution >= 0.6 is 0 Å². The van der Waals surface area contributed by atoms with E-state index < -0.39 is 0 Å². The van der Waals surface area contributed by atoms with E-state index in [-0.39, 0.29) is 0 Å². The Morgan fingerprint density at radius 1 is 1.10 bits per heavy atom. The van der Waals surface area contributed by atoms with Gasteiger partial charge in [0.1, 0.15) is 17.8 Å². The van der Waals surface area contributed by atoms with Gasteiger partial charge < -0.3 is 15.2 Å².